The van der Waals surface area contributed by atoms with Gasteiger partial charge in [0.2, 0.25) is 0 Å². The fourth-order valence-electron chi connectivity index (χ4n) is 2.12. The minimum atomic E-state index is -3.31. The summed E-state index contributed by atoms with van der Waals surface area (Å²) in [5.41, 5.74) is 0.664. The topological polar surface area (TPSA) is 102 Å². The number of fused-ring (bicyclic) bond motifs is 1. The fraction of sp³-hybridized carbons (Fsp3) is 0.250. The van der Waals surface area contributed by atoms with Gasteiger partial charge in [-0.1, -0.05) is 41.6 Å². The Hall–Kier alpha value is -1.75. The van der Waals surface area contributed by atoms with E-state index in [1.54, 1.807) is 6.07 Å². The van der Waals surface area contributed by atoms with Crippen molar-refractivity contribution in [3.05, 3.63) is 35.1 Å². The molecule has 0 spiro atoms. The molecule has 0 bridgehead atoms. The zero-order valence-electron chi connectivity index (χ0n) is 14.4. The number of nitrogens with zero attached hydrogens (tertiary/aromatic N) is 3. The number of aromatic nitrogens is 3. The molecule has 0 aliphatic heterocycles. The van der Waals surface area contributed by atoms with E-state index in [9.17, 15) is 13.2 Å². The highest BCUT2D eigenvalue weighted by molar-refractivity contribution is 7.99. The Bertz CT molecular complexity index is 1120. The number of anilines is 1. The number of carbonyl (C=O) groups is 1. The quantitative estimate of drug-likeness (QED) is 0.456. The summed E-state index contributed by atoms with van der Waals surface area (Å²) in [6.45, 7) is 2.04. The molecule has 2 heterocycles. The van der Waals surface area contributed by atoms with Crippen LogP contribution in [0.1, 0.15) is 23.8 Å². The number of hydrogen-bond acceptors (Lipinski definition) is 8. The molecule has 1 N–H and O–H groups in total. The molecule has 0 atom stereocenters. The Morgan fingerprint density at radius 1 is 1.33 bits per heavy atom. The van der Waals surface area contributed by atoms with E-state index < -0.39 is 15.7 Å². The molecule has 0 saturated heterocycles. The molecule has 3 rings (SSSR count). The van der Waals surface area contributed by atoms with Gasteiger partial charge in [-0.2, -0.15) is 0 Å². The molecular formula is C16H15ClN4O3S3. The van der Waals surface area contributed by atoms with Gasteiger partial charge in [-0.15, -0.1) is 0 Å². The average molecular weight is 443 g/mol. The Kier molecular flexibility index (Phi) is 5.99. The largest absolute Gasteiger partial charge is 0.296 e. The molecule has 0 fully saturated rings. The van der Waals surface area contributed by atoms with Gasteiger partial charge < -0.3 is 0 Å². The van der Waals surface area contributed by atoms with Gasteiger partial charge in [-0.25, -0.2) is 23.4 Å². The smallest absolute Gasteiger partial charge is 0.277 e. The molecule has 1 aromatic carbocycles. The maximum absolute atomic E-state index is 12.5. The first-order valence-corrected chi connectivity index (χ1v) is 11.9. The second-order valence-corrected chi connectivity index (χ2v) is 10.1. The summed E-state index contributed by atoms with van der Waals surface area (Å²) >= 11 is 8.68. The molecule has 11 heteroatoms. The summed E-state index contributed by atoms with van der Waals surface area (Å²) in [5.74, 6) is 0.339. The van der Waals surface area contributed by atoms with Gasteiger partial charge in [0.25, 0.3) is 5.91 Å². The lowest BCUT2D eigenvalue weighted by atomic mass is 10.3. The Balaban J connectivity index is 1.85. The highest BCUT2D eigenvalue weighted by Crippen LogP contribution is 2.29. The van der Waals surface area contributed by atoms with Crippen molar-refractivity contribution in [2.75, 3.05) is 17.3 Å². The van der Waals surface area contributed by atoms with Gasteiger partial charge in [0.05, 0.1) is 26.3 Å². The zero-order valence-corrected chi connectivity index (χ0v) is 17.6. The van der Waals surface area contributed by atoms with Crippen molar-refractivity contribution < 1.29 is 13.2 Å². The summed E-state index contributed by atoms with van der Waals surface area (Å²) < 4.78 is 24.0. The van der Waals surface area contributed by atoms with Crippen LogP contribution in [0.5, 0.6) is 0 Å². The minimum Gasteiger partial charge on any atom is -0.296 e. The Labute approximate surface area is 169 Å². The van der Waals surface area contributed by atoms with Crippen molar-refractivity contribution in [2.45, 2.75) is 23.4 Å². The molecule has 0 saturated carbocycles. The minimum absolute atomic E-state index is 0.0707. The normalized spacial score (nSPS) is 11.7. The Morgan fingerprint density at radius 3 is 2.81 bits per heavy atom. The van der Waals surface area contributed by atoms with Crippen LogP contribution in [-0.4, -0.2) is 41.3 Å². The summed E-state index contributed by atoms with van der Waals surface area (Å²) in [6.07, 6.45) is 3.50. The molecule has 0 radical (unpaired) electrons. The second kappa shape index (κ2) is 8.09. The SMILES string of the molecule is CCCSc1ncc(Cl)c(C(=O)Nc2nc3ccc(S(C)(=O)=O)cc3s2)n1. The highest BCUT2D eigenvalue weighted by atomic mass is 35.5. The van der Waals surface area contributed by atoms with Crippen LogP contribution in [0.15, 0.2) is 34.4 Å². The lowest BCUT2D eigenvalue weighted by Crippen LogP contribution is -2.15. The summed E-state index contributed by atoms with van der Waals surface area (Å²) in [7, 11) is -3.31. The first-order valence-electron chi connectivity index (χ1n) is 7.85. The van der Waals surface area contributed by atoms with Gasteiger partial charge >= 0.3 is 0 Å². The second-order valence-electron chi connectivity index (χ2n) is 5.57. The number of rotatable bonds is 6. The third-order valence-corrected chi connectivity index (χ3v) is 6.77. The van der Waals surface area contributed by atoms with Crippen LogP contribution in [0.4, 0.5) is 5.13 Å². The van der Waals surface area contributed by atoms with Crippen LogP contribution in [0.3, 0.4) is 0 Å². The standard InChI is InChI=1S/C16H15ClN4O3S3/c1-3-6-25-15-18-8-10(17)13(20-15)14(22)21-16-19-11-5-4-9(27(2,23)24)7-12(11)26-16/h4-5,7-8H,3,6H2,1-2H3,(H,19,21,22). The average Bonchev–Trinajstić information content (AvgIpc) is 3.01. The summed E-state index contributed by atoms with van der Waals surface area (Å²) in [5, 5.41) is 3.62. The van der Waals surface area contributed by atoms with E-state index in [4.69, 9.17) is 11.6 Å². The molecule has 2 aromatic heterocycles. The van der Waals surface area contributed by atoms with Crippen LogP contribution in [-0.2, 0) is 9.84 Å². The first-order chi connectivity index (χ1) is 12.8. The zero-order chi connectivity index (χ0) is 19.6. The van der Waals surface area contributed by atoms with E-state index in [1.165, 1.54) is 41.4 Å². The van der Waals surface area contributed by atoms with Crippen molar-refractivity contribution in [3.8, 4) is 0 Å². The number of hydrogen-bond donors (Lipinski definition) is 1. The molecule has 27 heavy (non-hydrogen) atoms. The van der Waals surface area contributed by atoms with Gasteiger partial charge in [-0.3, -0.25) is 10.1 Å². The molecule has 142 valence electrons. The van der Waals surface area contributed by atoms with Crippen LogP contribution in [0.2, 0.25) is 5.02 Å². The predicted octanol–water partition coefficient (Wildman–Crippen LogP) is 3.90. The number of sulfone groups is 1. The lowest BCUT2D eigenvalue weighted by Gasteiger charge is -2.05. The number of amides is 1. The van der Waals surface area contributed by atoms with Crippen LogP contribution >= 0.6 is 34.7 Å². The summed E-state index contributed by atoms with van der Waals surface area (Å²) in [6, 6.07) is 4.63. The van der Waals surface area contributed by atoms with E-state index in [-0.39, 0.29) is 15.6 Å². The Morgan fingerprint density at radius 2 is 2.11 bits per heavy atom. The molecule has 3 aromatic rings. The van der Waals surface area contributed by atoms with Crippen molar-refractivity contribution in [2.24, 2.45) is 0 Å². The summed E-state index contributed by atoms with van der Waals surface area (Å²) in [4.78, 5) is 25.4. The van der Waals surface area contributed by atoms with Gasteiger partial charge in [0, 0.05) is 12.0 Å². The monoisotopic (exact) mass is 442 g/mol. The first kappa shape index (κ1) is 20.0. The van der Waals surface area contributed by atoms with Gasteiger partial charge in [0.15, 0.2) is 25.8 Å². The van der Waals surface area contributed by atoms with E-state index in [1.807, 2.05) is 6.92 Å². The van der Waals surface area contributed by atoms with E-state index >= 15 is 0 Å². The van der Waals surface area contributed by atoms with Crippen molar-refractivity contribution in [1.29, 1.82) is 0 Å². The predicted molar refractivity (Wildman–Crippen MR) is 109 cm³/mol. The molecule has 0 aliphatic carbocycles. The van der Waals surface area contributed by atoms with Gasteiger partial charge in [-0.05, 0) is 24.6 Å². The fourth-order valence-corrected chi connectivity index (χ4v) is 4.59. The lowest BCUT2D eigenvalue weighted by molar-refractivity contribution is 0.102. The number of halogens is 1. The van der Waals surface area contributed by atoms with E-state index in [2.05, 4.69) is 20.3 Å². The molecular weight excluding hydrogens is 428 g/mol. The molecule has 7 nitrogen and oxygen atoms in total. The third kappa shape index (κ3) is 4.75. The van der Waals surface area contributed by atoms with Gasteiger partial charge in [0.1, 0.15) is 0 Å². The van der Waals surface area contributed by atoms with Crippen molar-refractivity contribution >= 4 is 65.8 Å². The maximum Gasteiger partial charge on any atom is 0.277 e. The maximum atomic E-state index is 12.5. The van der Waals surface area contributed by atoms with Crippen molar-refractivity contribution in [3.63, 3.8) is 0 Å². The van der Waals surface area contributed by atoms with Crippen molar-refractivity contribution in [1.82, 2.24) is 15.0 Å². The molecule has 0 aliphatic rings. The number of benzene rings is 1. The third-order valence-electron chi connectivity index (χ3n) is 3.38. The van der Waals surface area contributed by atoms with Crippen LogP contribution < -0.4 is 5.32 Å². The highest BCUT2D eigenvalue weighted by Gasteiger charge is 2.17. The number of nitrogens with one attached hydrogen (secondary N) is 1. The van der Waals surface area contributed by atoms with E-state index in [0.717, 1.165) is 18.4 Å². The van der Waals surface area contributed by atoms with Crippen LogP contribution in [0, 0.1) is 0 Å². The number of thiazole rings is 1. The molecule has 0 unspecified atom stereocenters. The number of carbonyl (C=O) groups excluding carboxylic acids is 1. The number of thioether (sulfide) groups is 1. The molecule has 1 amide bonds. The van der Waals surface area contributed by atoms with Crippen LogP contribution in [0.25, 0.3) is 10.2 Å². The van der Waals surface area contributed by atoms with E-state index in [0.29, 0.717) is 20.5 Å².